The van der Waals surface area contributed by atoms with Crippen molar-refractivity contribution in [3.63, 3.8) is 0 Å². The van der Waals surface area contributed by atoms with Crippen molar-refractivity contribution in [1.29, 1.82) is 0 Å². The van der Waals surface area contributed by atoms with Crippen molar-refractivity contribution in [2.24, 2.45) is 0 Å². The Kier molecular flexibility index (Phi) is 9.11. The second-order valence-corrected chi connectivity index (χ2v) is 10.2. The summed E-state index contributed by atoms with van der Waals surface area (Å²) in [6, 6.07) is 7.06. The van der Waals surface area contributed by atoms with E-state index in [1.165, 1.54) is 6.07 Å². The molecular weight excluding hydrogens is 466 g/mol. The van der Waals surface area contributed by atoms with Gasteiger partial charge in [0.05, 0.1) is 18.4 Å². The number of methoxy groups -OCH3 is 1. The molecule has 1 aliphatic heterocycles. The first-order chi connectivity index (χ1) is 17.3. The number of pyridine rings is 1. The minimum absolute atomic E-state index is 0.155. The van der Waals surface area contributed by atoms with E-state index >= 15 is 0 Å². The number of ether oxygens (including phenoxy) is 2. The lowest BCUT2D eigenvalue weighted by Crippen LogP contribution is -2.42. The van der Waals surface area contributed by atoms with Gasteiger partial charge >= 0.3 is 0 Å². The van der Waals surface area contributed by atoms with Crippen LogP contribution in [0.1, 0.15) is 45.4 Å². The summed E-state index contributed by atoms with van der Waals surface area (Å²) in [6.07, 6.45) is 6.20. The molecule has 0 spiro atoms. The van der Waals surface area contributed by atoms with E-state index in [2.05, 4.69) is 27.9 Å². The predicted octanol–water partition coefficient (Wildman–Crippen LogP) is 4.33. The zero-order valence-electron chi connectivity index (χ0n) is 21.2. The van der Waals surface area contributed by atoms with Crippen molar-refractivity contribution in [1.82, 2.24) is 10.3 Å². The Morgan fingerprint density at radius 2 is 1.78 bits per heavy atom. The van der Waals surface area contributed by atoms with Crippen LogP contribution < -0.4 is 16.0 Å². The van der Waals surface area contributed by atoms with Gasteiger partial charge in [-0.2, -0.15) is 0 Å². The summed E-state index contributed by atoms with van der Waals surface area (Å²) in [5, 5.41) is 20.9. The maximum Gasteiger partial charge on any atom is 0.149 e. The van der Waals surface area contributed by atoms with E-state index in [9.17, 15) is 13.9 Å². The third-order valence-electron chi connectivity index (χ3n) is 7.17. The highest BCUT2D eigenvalue weighted by Gasteiger charge is 2.29. The normalized spacial score (nSPS) is 22.7. The lowest BCUT2D eigenvalue weighted by atomic mass is 9.90. The number of hydrogen-bond donors (Lipinski definition) is 4. The molecule has 9 heteroatoms. The number of nitrogens with one attached hydrogen (secondary N) is 3. The highest BCUT2D eigenvalue weighted by molar-refractivity contribution is 5.71. The number of nitrogens with zero attached hydrogens (tertiary/aromatic N) is 1. The molecule has 2 aromatic rings. The first-order valence-corrected chi connectivity index (χ1v) is 12.9. The second kappa shape index (κ2) is 12.3. The van der Waals surface area contributed by atoms with Gasteiger partial charge in [0.1, 0.15) is 17.5 Å². The van der Waals surface area contributed by atoms with Crippen LogP contribution in [0.4, 0.5) is 20.3 Å². The fourth-order valence-corrected chi connectivity index (χ4v) is 5.07. The first-order valence-electron chi connectivity index (χ1n) is 12.9. The summed E-state index contributed by atoms with van der Waals surface area (Å²) in [7, 11) is 1.71. The Labute approximate surface area is 212 Å². The molecule has 2 fully saturated rings. The van der Waals surface area contributed by atoms with Gasteiger partial charge in [0.2, 0.25) is 0 Å². The van der Waals surface area contributed by atoms with Crippen LogP contribution in [0, 0.1) is 11.6 Å². The molecule has 7 nitrogen and oxygen atoms in total. The van der Waals surface area contributed by atoms with Gasteiger partial charge in [-0.25, -0.2) is 13.8 Å². The quantitative estimate of drug-likeness (QED) is 0.383. The zero-order valence-corrected chi connectivity index (χ0v) is 21.2. The van der Waals surface area contributed by atoms with E-state index in [0.29, 0.717) is 62.8 Å². The SMILES string of the molecule is COCC(C)NC1CCC(Nc2cc(-c3cc(NCC4(O)CCOCC4)ccc3F)c(F)cn2)CC1. The molecule has 0 amide bonds. The standard InChI is InChI=1S/C27H38F2N4O3/c1-18(16-35-2)32-19-3-5-20(6-4-19)33-26-14-23(25(29)15-30-26)22-13-21(7-8-24(22)28)31-17-27(34)9-11-36-12-10-27/h7-8,13-15,18-20,31-32,34H,3-6,9-12,16-17H2,1-2H3,(H,30,33). The van der Waals surface area contributed by atoms with Crippen LogP contribution in [-0.4, -0.2) is 67.3 Å². The summed E-state index contributed by atoms with van der Waals surface area (Å²) in [5.74, 6) is -0.567. The average molecular weight is 505 g/mol. The second-order valence-electron chi connectivity index (χ2n) is 10.2. The molecule has 4 rings (SSSR count). The van der Waals surface area contributed by atoms with Crippen LogP contribution in [-0.2, 0) is 9.47 Å². The molecule has 1 saturated heterocycles. The Morgan fingerprint density at radius 3 is 2.50 bits per heavy atom. The Balaban J connectivity index is 1.40. The number of aliphatic hydroxyl groups is 1. The van der Waals surface area contributed by atoms with Gasteiger partial charge in [-0.15, -0.1) is 0 Å². The summed E-state index contributed by atoms with van der Waals surface area (Å²) >= 11 is 0. The third-order valence-corrected chi connectivity index (χ3v) is 7.17. The molecule has 1 aromatic carbocycles. The van der Waals surface area contributed by atoms with Gasteiger partial charge in [0.15, 0.2) is 0 Å². The summed E-state index contributed by atoms with van der Waals surface area (Å²) in [4.78, 5) is 4.21. The number of halogens is 2. The summed E-state index contributed by atoms with van der Waals surface area (Å²) in [5.41, 5.74) is 0.0528. The molecule has 1 atom stereocenters. The van der Waals surface area contributed by atoms with Gasteiger partial charge in [-0.3, -0.25) is 0 Å². The number of aromatic nitrogens is 1. The maximum atomic E-state index is 14.8. The largest absolute Gasteiger partial charge is 0.388 e. The van der Waals surface area contributed by atoms with Crippen LogP contribution in [0.3, 0.4) is 0 Å². The van der Waals surface area contributed by atoms with Crippen molar-refractivity contribution in [2.45, 2.75) is 69.2 Å². The van der Waals surface area contributed by atoms with Crippen LogP contribution in [0.25, 0.3) is 11.1 Å². The van der Waals surface area contributed by atoms with Crippen LogP contribution >= 0.6 is 0 Å². The van der Waals surface area contributed by atoms with Crippen molar-refractivity contribution in [3.8, 4) is 11.1 Å². The van der Waals surface area contributed by atoms with E-state index in [0.717, 1.165) is 31.9 Å². The van der Waals surface area contributed by atoms with E-state index in [-0.39, 0.29) is 17.2 Å². The van der Waals surface area contributed by atoms with E-state index in [1.54, 1.807) is 25.3 Å². The zero-order chi connectivity index (χ0) is 25.5. The molecule has 2 heterocycles. The minimum atomic E-state index is -0.873. The molecule has 0 radical (unpaired) electrons. The fraction of sp³-hybridized carbons (Fsp3) is 0.593. The van der Waals surface area contributed by atoms with Gasteiger partial charge in [0.25, 0.3) is 0 Å². The topological polar surface area (TPSA) is 87.7 Å². The molecule has 0 bridgehead atoms. The molecule has 1 aliphatic carbocycles. The number of anilines is 2. The molecule has 36 heavy (non-hydrogen) atoms. The van der Waals surface area contributed by atoms with Gasteiger partial charge in [0, 0.05) is 74.6 Å². The van der Waals surface area contributed by atoms with E-state index < -0.39 is 17.2 Å². The van der Waals surface area contributed by atoms with Crippen molar-refractivity contribution in [2.75, 3.05) is 44.1 Å². The molecule has 2 aliphatic rings. The molecular formula is C27H38F2N4O3. The molecule has 4 N–H and O–H groups in total. The Hall–Kier alpha value is -2.33. The van der Waals surface area contributed by atoms with E-state index in [4.69, 9.17) is 9.47 Å². The lowest BCUT2D eigenvalue weighted by molar-refractivity contribution is -0.0543. The Morgan fingerprint density at radius 1 is 1.08 bits per heavy atom. The summed E-state index contributed by atoms with van der Waals surface area (Å²) < 4.78 is 40.1. The van der Waals surface area contributed by atoms with Gasteiger partial charge in [-0.05, 0) is 56.9 Å². The minimum Gasteiger partial charge on any atom is -0.388 e. The van der Waals surface area contributed by atoms with Gasteiger partial charge < -0.3 is 30.5 Å². The van der Waals surface area contributed by atoms with Crippen LogP contribution in [0.2, 0.25) is 0 Å². The molecule has 1 saturated carbocycles. The van der Waals surface area contributed by atoms with Crippen LogP contribution in [0.15, 0.2) is 30.5 Å². The van der Waals surface area contributed by atoms with Gasteiger partial charge in [-0.1, -0.05) is 0 Å². The van der Waals surface area contributed by atoms with Crippen molar-refractivity contribution in [3.05, 3.63) is 42.1 Å². The smallest absolute Gasteiger partial charge is 0.149 e. The molecule has 1 aromatic heterocycles. The van der Waals surface area contributed by atoms with Crippen molar-refractivity contribution < 1.29 is 23.4 Å². The fourth-order valence-electron chi connectivity index (χ4n) is 5.07. The third kappa shape index (κ3) is 7.12. The van der Waals surface area contributed by atoms with E-state index in [1.807, 2.05) is 0 Å². The highest BCUT2D eigenvalue weighted by Crippen LogP contribution is 2.31. The van der Waals surface area contributed by atoms with Crippen LogP contribution in [0.5, 0.6) is 0 Å². The predicted molar refractivity (Wildman–Crippen MR) is 137 cm³/mol. The first kappa shape index (κ1) is 26.7. The number of benzene rings is 1. The monoisotopic (exact) mass is 504 g/mol. The Bertz CT molecular complexity index is 995. The molecule has 198 valence electrons. The molecule has 1 unspecified atom stereocenters. The number of hydrogen-bond acceptors (Lipinski definition) is 7. The highest BCUT2D eigenvalue weighted by atomic mass is 19.1. The number of rotatable bonds is 10. The lowest BCUT2D eigenvalue weighted by Gasteiger charge is -2.32. The maximum absolute atomic E-state index is 14.8. The average Bonchev–Trinajstić information content (AvgIpc) is 2.87. The summed E-state index contributed by atoms with van der Waals surface area (Å²) in [6.45, 7) is 4.14. The van der Waals surface area contributed by atoms with Crippen molar-refractivity contribution >= 4 is 11.5 Å².